The summed E-state index contributed by atoms with van der Waals surface area (Å²) in [7, 11) is 0. The van der Waals surface area contributed by atoms with Crippen LogP contribution in [0.2, 0.25) is 0 Å². The molecular weight excluding hydrogens is 509 g/mol. The largest absolute Gasteiger partial charge is 0.443 e. The van der Waals surface area contributed by atoms with E-state index in [0.717, 1.165) is 10.5 Å². The Bertz CT molecular complexity index is 1190. The second-order valence-corrected chi connectivity index (χ2v) is 12.2. The first-order valence-corrected chi connectivity index (χ1v) is 13.0. The normalized spacial score (nSPS) is 23.9. The van der Waals surface area contributed by atoms with E-state index in [1.807, 2.05) is 6.08 Å². The number of ether oxygens (including phenoxy) is 3. The van der Waals surface area contributed by atoms with Crippen molar-refractivity contribution in [2.45, 2.75) is 78.2 Å². The zero-order chi connectivity index (χ0) is 28.9. The van der Waals surface area contributed by atoms with Crippen LogP contribution in [-0.2, 0) is 19.0 Å². The molecule has 1 heterocycles. The first-order valence-electron chi connectivity index (χ1n) is 13.0. The van der Waals surface area contributed by atoms with Crippen molar-refractivity contribution in [3.63, 3.8) is 0 Å². The van der Waals surface area contributed by atoms with Gasteiger partial charge >= 0.3 is 18.3 Å². The number of allylic oxidation sites excluding steroid dienone is 1. The van der Waals surface area contributed by atoms with Crippen LogP contribution in [-0.4, -0.2) is 65.5 Å². The molecule has 10 nitrogen and oxygen atoms in total. The van der Waals surface area contributed by atoms with Gasteiger partial charge in [-0.25, -0.2) is 23.7 Å². The summed E-state index contributed by atoms with van der Waals surface area (Å²) < 4.78 is 31.4. The van der Waals surface area contributed by atoms with Gasteiger partial charge in [0.15, 0.2) is 0 Å². The average Bonchev–Trinajstić information content (AvgIpc) is 3.11. The second-order valence-electron chi connectivity index (χ2n) is 12.2. The number of carbonyl (C=O) groups excluding carboxylic acids is 4. The summed E-state index contributed by atoms with van der Waals surface area (Å²) in [6.45, 7) is 12.1. The van der Waals surface area contributed by atoms with E-state index in [2.05, 4.69) is 5.32 Å². The van der Waals surface area contributed by atoms with Gasteiger partial charge in [-0.05, 0) is 77.7 Å². The number of hydrogen-bond donors (Lipinski definition) is 1. The van der Waals surface area contributed by atoms with Crippen molar-refractivity contribution >= 4 is 35.4 Å². The average molecular weight is 546 g/mol. The number of hydrogen-bond acceptors (Lipinski definition) is 7. The minimum atomic E-state index is -0.793. The number of anilines is 1. The summed E-state index contributed by atoms with van der Waals surface area (Å²) in [5, 5.41) is 2.61. The summed E-state index contributed by atoms with van der Waals surface area (Å²) in [6, 6.07) is 4.12. The number of fused-ring (bicyclic) bond motifs is 1. The number of nitrogens with one attached hydrogen (secondary N) is 1. The lowest BCUT2D eigenvalue weighted by Gasteiger charge is -2.29. The molecule has 4 atom stereocenters. The molecule has 212 valence electrons. The quantitative estimate of drug-likeness (QED) is 0.526. The van der Waals surface area contributed by atoms with Crippen molar-refractivity contribution < 1.29 is 37.8 Å². The van der Waals surface area contributed by atoms with E-state index >= 15 is 4.39 Å². The molecule has 3 aliphatic rings. The number of halogens is 1. The Morgan fingerprint density at radius 1 is 1.10 bits per heavy atom. The van der Waals surface area contributed by atoms with E-state index in [9.17, 15) is 19.2 Å². The van der Waals surface area contributed by atoms with Gasteiger partial charge in [-0.3, -0.25) is 9.69 Å². The lowest BCUT2D eigenvalue weighted by molar-refractivity contribution is -0.119. The number of benzene rings is 1. The Hall–Kier alpha value is -3.63. The molecule has 1 aromatic carbocycles. The zero-order valence-electron chi connectivity index (χ0n) is 23.4. The maximum atomic E-state index is 15.2. The predicted octanol–water partition coefficient (Wildman–Crippen LogP) is 4.86. The number of imide groups is 1. The monoisotopic (exact) mass is 545 g/mol. The van der Waals surface area contributed by atoms with Crippen LogP contribution < -0.4 is 10.2 Å². The maximum absolute atomic E-state index is 15.2. The van der Waals surface area contributed by atoms with Crippen molar-refractivity contribution in [1.82, 2.24) is 10.2 Å². The van der Waals surface area contributed by atoms with Crippen molar-refractivity contribution in [3.8, 4) is 0 Å². The van der Waals surface area contributed by atoms with Gasteiger partial charge in [0.05, 0.1) is 24.8 Å². The summed E-state index contributed by atoms with van der Waals surface area (Å²) in [5.41, 5.74) is -0.0636. The van der Waals surface area contributed by atoms with Crippen LogP contribution in [0, 0.1) is 17.7 Å². The van der Waals surface area contributed by atoms with E-state index in [1.165, 1.54) is 17.9 Å². The number of nitrogens with zero attached hydrogens (tertiary/aromatic N) is 2. The Morgan fingerprint density at radius 2 is 1.72 bits per heavy atom. The number of cyclic esters (lactones) is 1. The highest BCUT2D eigenvalue weighted by atomic mass is 19.1. The third kappa shape index (κ3) is 6.51. The third-order valence-corrected chi connectivity index (χ3v) is 6.58. The molecule has 1 aliphatic heterocycles. The number of amides is 4. The third-order valence-electron chi connectivity index (χ3n) is 6.58. The molecule has 1 saturated carbocycles. The minimum absolute atomic E-state index is 0.0674. The first-order chi connectivity index (χ1) is 18.0. The highest BCUT2D eigenvalue weighted by Crippen LogP contribution is 2.56. The Balaban J connectivity index is 1.47. The summed E-state index contributed by atoms with van der Waals surface area (Å²) in [4.78, 5) is 51.7. The second kappa shape index (κ2) is 10.2. The van der Waals surface area contributed by atoms with E-state index in [0.29, 0.717) is 17.7 Å². The smallest absolute Gasteiger partial charge is 0.420 e. The predicted molar refractivity (Wildman–Crippen MR) is 140 cm³/mol. The first kappa shape index (κ1) is 28.4. The van der Waals surface area contributed by atoms with Crippen molar-refractivity contribution in [3.05, 3.63) is 35.7 Å². The summed E-state index contributed by atoms with van der Waals surface area (Å²) in [5.74, 6) is -0.930. The topological polar surface area (TPSA) is 114 Å². The molecule has 0 bridgehead atoms. The van der Waals surface area contributed by atoms with Gasteiger partial charge in [0.25, 0.3) is 0 Å². The Morgan fingerprint density at radius 3 is 2.21 bits per heavy atom. The standard InChI is InChI=1S/C28H36FN3O7/c1-15(33)30-13-18-14-31(24(34)37-18)17-8-9-19(22(29)12-17)16-10-20-21(11-16)23(20)32(25(35)38-27(2,3)4)26(36)39-28(5,6)7/h8-10,12,18,20-21,23H,11,13-14H2,1-7H3,(H,30,33)/t18-,20?,21?,23?/m0/s1. The van der Waals surface area contributed by atoms with E-state index in [1.54, 1.807) is 53.7 Å². The molecular formula is C28H36FN3O7. The molecule has 1 aromatic rings. The molecule has 2 aliphatic carbocycles. The van der Waals surface area contributed by atoms with Crippen LogP contribution >= 0.6 is 0 Å². The highest BCUT2D eigenvalue weighted by molar-refractivity contribution is 5.91. The van der Waals surface area contributed by atoms with Gasteiger partial charge in [-0.1, -0.05) is 6.08 Å². The molecule has 4 amide bonds. The van der Waals surface area contributed by atoms with Gasteiger partial charge in [-0.15, -0.1) is 0 Å². The fraction of sp³-hybridized carbons (Fsp3) is 0.571. The summed E-state index contributed by atoms with van der Waals surface area (Å²) >= 11 is 0. The number of rotatable bonds is 5. The maximum Gasteiger partial charge on any atom is 0.420 e. The zero-order valence-corrected chi connectivity index (χ0v) is 23.4. The van der Waals surface area contributed by atoms with Gasteiger partial charge in [0, 0.05) is 18.4 Å². The van der Waals surface area contributed by atoms with Crippen LogP contribution in [0.3, 0.4) is 0 Å². The molecule has 0 aromatic heterocycles. The Labute approximate surface area is 227 Å². The summed E-state index contributed by atoms with van der Waals surface area (Å²) in [6.07, 6.45) is -0.303. The van der Waals surface area contributed by atoms with Gasteiger partial charge in [0.1, 0.15) is 23.1 Å². The lowest BCUT2D eigenvalue weighted by Crippen LogP contribution is -2.46. The number of carbonyl (C=O) groups is 4. The fourth-order valence-corrected chi connectivity index (χ4v) is 4.95. The molecule has 0 radical (unpaired) electrons. The van der Waals surface area contributed by atoms with Crippen LogP contribution in [0.1, 0.15) is 60.5 Å². The van der Waals surface area contributed by atoms with Gasteiger partial charge in [0.2, 0.25) is 5.91 Å². The Kier molecular flexibility index (Phi) is 7.39. The van der Waals surface area contributed by atoms with Crippen molar-refractivity contribution in [2.75, 3.05) is 18.0 Å². The molecule has 3 unspecified atom stereocenters. The lowest BCUT2D eigenvalue weighted by atomic mass is 10.0. The minimum Gasteiger partial charge on any atom is -0.443 e. The molecule has 2 fully saturated rings. The van der Waals surface area contributed by atoms with Crippen LogP contribution in [0.15, 0.2) is 24.3 Å². The SMILES string of the molecule is CC(=O)NC[C@H]1CN(c2ccc(C3=CC4C(C3)C4N(C(=O)OC(C)(C)C)C(=O)OC(C)(C)C)c(F)c2)C(=O)O1. The van der Waals surface area contributed by atoms with Gasteiger partial charge in [-0.2, -0.15) is 0 Å². The molecule has 11 heteroatoms. The highest BCUT2D eigenvalue weighted by Gasteiger charge is 2.60. The van der Waals surface area contributed by atoms with E-state index in [-0.39, 0.29) is 30.8 Å². The van der Waals surface area contributed by atoms with Crippen LogP contribution in [0.25, 0.3) is 5.57 Å². The molecule has 1 N–H and O–H groups in total. The van der Waals surface area contributed by atoms with Gasteiger partial charge < -0.3 is 19.5 Å². The van der Waals surface area contributed by atoms with Crippen molar-refractivity contribution in [2.24, 2.45) is 11.8 Å². The van der Waals surface area contributed by atoms with Crippen LogP contribution in [0.4, 0.5) is 24.5 Å². The van der Waals surface area contributed by atoms with E-state index < -0.39 is 47.4 Å². The fourth-order valence-electron chi connectivity index (χ4n) is 4.95. The molecule has 4 rings (SSSR count). The molecule has 0 spiro atoms. The van der Waals surface area contributed by atoms with Crippen LogP contribution in [0.5, 0.6) is 0 Å². The molecule has 39 heavy (non-hydrogen) atoms. The van der Waals surface area contributed by atoms with E-state index in [4.69, 9.17) is 14.2 Å². The van der Waals surface area contributed by atoms with Crippen molar-refractivity contribution in [1.29, 1.82) is 0 Å². The molecule has 1 saturated heterocycles.